The minimum Gasteiger partial charge on any atom is -0.0654 e. The molecule has 0 nitrogen and oxygen atoms in total. The third-order valence-electron chi connectivity index (χ3n) is 18.7. The standard InChI is InChI=1S/C78H150/c1-4-7-10-13-16-19-22-25-28-31-34-37-40-43-46-49-52-55-58-61-64-67-71-76-73-70-74-77(72-68-65-62-59-56-53-50-47-44-41-38-35-32-29-26-23-20-17-14-11-8-5-2)78(76)75-69-66-63-60-57-54-51-48-45-42-39-36-33-30-27-24-21-18-15-12-9-6-3/h70,73-74H,4-69,71-72,75H2,1-3H3. The van der Waals surface area contributed by atoms with Gasteiger partial charge in [-0.25, -0.2) is 0 Å². The fourth-order valence-electron chi connectivity index (χ4n) is 13.2. The molecular weight excluding hydrogens is 937 g/mol. The zero-order chi connectivity index (χ0) is 55.6. The van der Waals surface area contributed by atoms with Gasteiger partial charge in [0.15, 0.2) is 0 Å². The van der Waals surface area contributed by atoms with Crippen molar-refractivity contribution in [1.29, 1.82) is 0 Å². The molecule has 1 aromatic carbocycles. The maximum atomic E-state index is 2.53. The molecule has 0 aliphatic rings. The van der Waals surface area contributed by atoms with E-state index in [9.17, 15) is 0 Å². The summed E-state index contributed by atoms with van der Waals surface area (Å²) in [6, 6.07) is 7.50. The monoisotopic (exact) mass is 1090 g/mol. The highest BCUT2D eigenvalue weighted by Crippen LogP contribution is 2.25. The van der Waals surface area contributed by atoms with Gasteiger partial charge in [-0.2, -0.15) is 0 Å². The van der Waals surface area contributed by atoms with Gasteiger partial charge in [-0.1, -0.05) is 443 Å². The molecule has 1 rings (SSSR count). The van der Waals surface area contributed by atoms with Crippen LogP contribution in [0.25, 0.3) is 0 Å². The third kappa shape index (κ3) is 57.1. The molecule has 0 aliphatic carbocycles. The minimum absolute atomic E-state index is 1.32. The largest absolute Gasteiger partial charge is 0.0654 e. The van der Waals surface area contributed by atoms with Crippen molar-refractivity contribution >= 4 is 0 Å². The second-order valence-electron chi connectivity index (χ2n) is 26.6. The molecule has 78 heavy (non-hydrogen) atoms. The SMILES string of the molecule is CCCCCCCCCCCCCCCCCCCCCCCCc1cccc(CCCCCCCCCCCCCCCCCCCCCCCC)c1CCCCCCCCCCCCCCCCCCCCCCCC. The van der Waals surface area contributed by atoms with E-state index in [0.717, 1.165) is 0 Å². The van der Waals surface area contributed by atoms with Crippen LogP contribution in [-0.4, -0.2) is 0 Å². The predicted octanol–water partition coefficient (Wildman–Crippen LogP) is 29.1. The maximum Gasteiger partial charge on any atom is -0.0273 e. The summed E-state index contributed by atoms with van der Waals surface area (Å²) in [6.45, 7) is 6.96. The van der Waals surface area contributed by atoms with Crippen molar-refractivity contribution in [2.45, 2.75) is 464 Å². The highest BCUT2D eigenvalue weighted by atomic mass is 14.2. The number of unbranched alkanes of at least 4 members (excludes halogenated alkanes) is 63. The fraction of sp³-hybridized carbons (Fsp3) is 0.923. The summed E-state index contributed by atoms with van der Waals surface area (Å²) in [7, 11) is 0. The van der Waals surface area contributed by atoms with Crippen LogP contribution in [0.1, 0.15) is 461 Å². The van der Waals surface area contributed by atoms with E-state index in [0.29, 0.717) is 0 Å². The zero-order valence-electron chi connectivity index (χ0n) is 55.0. The normalized spacial score (nSPS) is 11.7. The van der Waals surface area contributed by atoms with Crippen LogP contribution in [0.4, 0.5) is 0 Å². The van der Waals surface area contributed by atoms with Gasteiger partial charge in [-0.15, -0.1) is 0 Å². The molecule has 0 N–H and O–H groups in total. The van der Waals surface area contributed by atoms with Crippen LogP contribution in [0.3, 0.4) is 0 Å². The Morgan fingerprint density at radius 2 is 0.282 bits per heavy atom. The molecule has 462 valence electrons. The maximum absolute atomic E-state index is 2.53. The molecule has 0 atom stereocenters. The van der Waals surface area contributed by atoms with E-state index >= 15 is 0 Å². The lowest BCUT2D eigenvalue weighted by Crippen LogP contribution is -2.02. The van der Waals surface area contributed by atoms with Gasteiger partial charge >= 0.3 is 0 Å². The first-order chi connectivity index (χ1) is 38.8. The summed E-state index contributed by atoms with van der Waals surface area (Å²) in [5, 5.41) is 0. The molecule has 0 spiro atoms. The smallest absolute Gasteiger partial charge is 0.0273 e. The first-order valence-corrected chi connectivity index (χ1v) is 37.9. The number of benzene rings is 1. The van der Waals surface area contributed by atoms with Crippen molar-refractivity contribution in [3.05, 3.63) is 34.9 Å². The van der Waals surface area contributed by atoms with Gasteiger partial charge in [-0.05, 0) is 55.2 Å². The van der Waals surface area contributed by atoms with Crippen LogP contribution in [0, 0.1) is 0 Å². The Kier molecular flexibility index (Phi) is 64.6. The van der Waals surface area contributed by atoms with Crippen LogP contribution in [-0.2, 0) is 19.3 Å². The third-order valence-corrected chi connectivity index (χ3v) is 18.7. The highest BCUT2D eigenvalue weighted by Gasteiger charge is 2.10. The lowest BCUT2D eigenvalue weighted by atomic mass is 9.90. The zero-order valence-corrected chi connectivity index (χ0v) is 55.0. The molecule has 0 bridgehead atoms. The molecule has 0 saturated carbocycles. The summed E-state index contributed by atoms with van der Waals surface area (Å²) >= 11 is 0. The average Bonchev–Trinajstić information content (AvgIpc) is 3.46. The van der Waals surface area contributed by atoms with Gasteiger partial charge < -0.3 is 0 Å². The second-order valence-corrected chi connectivity index (χ2v) is 26.6. The van der Waals surface area contributed by atoms with E-state index in [1.165, 1.54) is 443 Å². The average molecular weight is 1090 g/mol. The highest BCUT2D eigenvalue weighted by molar-refractivity contribution is 5.36. The van der Waals surface area contributed by atoms with Crippen molar-refractivity contribution in [3.63, 3.8) is 0 Å². The number of aryl methyl sites for hydroxylation is 2. The first-order valence-electron chi connectivity index (χ1n) is 37.9. The number of rotatable bonds is 69. The topological polar surface area (TPSA) is 0 Å². The summed E-state index contributed by atoms with van der Waals surface area (Å²) in [5.74, 6) is 0. The Bertz CT molecular complexity index is 1140. The van der Waals surface area contributed by atoms with Crippen molar-refractivity contribution in [3.8, 4) is 0 Å². The molecule has 0 heterocycles. The molecule has 0 unspecified atom stereocenters. The summed E-state index contributed by atoms with van der Waals surface area (Å²) in [5.41, 5.74) is 5.24. The van der Waals surface area contributed by atoms with E-state index in [1.807, 2.05) is 0 Å². The first kappa shape index (κ1) is 75.2. The van der Waals surface area contributed by atoms with Crippen molar-refractivity contribution in [2.75, 3.05) is 0 Å². The van der Waals surface area contributed by atoms with Crippen molar-refractivity contribution < 1.29 is 0 Å². The van der Waals surface area contributed by atoms with Gasteiger partial charge in [0, 0.05) is 0 Å². The molecule has 0 aliphatic heterocycles. The van der Waals surface area contributed by atoms with Gasteiger partial charge in [0.2, 0.25) is 0 Å². The molecule has 0 aromatic heterocycles. The van der Waals surface area contributed by atoms with Crippen LogP contribution in [0.15, 0.2) is 18.2 Å². The van der Waals surface area contributed by atoms with Gasteiger partial charge in [0.25, 0.3) is 0 Å². The minimum atomic E-state index is 1.32. The van der Waals surface area contributed by atoms with Gasteiger partial charge in [0.1, 0.15) is 0 Å². The summed E-state index contributed by atoms with van der Waals surface area (Å²) in [4.78, 5) is 0. The molecule has 0 saturated heterocycles. The van der Waals surface area contributed by atoms with Crippen molar-refractivity contribution in [1.82, 2.24) is 0 Å². The lowest BCUT2D eigenvalue weighted by molar-refractivity contribution is 0.518. The Balaban J connectivity index is 2.25. The van der Waals surface area contributed by atoms with E-state index in [1.54, 1.807) is 16.7 Å². The van der Waals surface area contributed by atoms with Gasteiger partial charge in [0.05, 0.1) is 0 Å². The lowest BCUT2D eigenvalue weighted by Gasteiger charge is -2.16. The van der Waals surface area contributed by atoms with Gasteiger partial charge in [-0.3, -0.25) is 0 Å². The van der Waals surface area contributed by atoms with E-state index in [-0.39, 0.29) is 0 Å². The molecule has 0 radical (unpaired) electrons. The Labute approximate surface area is 496 Å². The quantitative estimate of drug-likeness (QED) is 0.0571. The summed E-state index contributed by atoms with van der Waals surface area (Å²) in [6.07, 6.45) is 101. The Morgan fingerprint density at radius 1 is 0.154 bits per heavy atom. The number of hydrogen-bond acceptors (Lipinski definition) is 0. The van der Waals surface area contributed by atoms with E-state index in [2.05, 4.69) is 39.0 Å². The van der Waals surface area contributed by atoms with Crippen LogP contribution in [0.5, 0.6) is 0 Å². The second kappa shape index (κ2) is 67.0. The van der Waals surface area contributed by atoms with Crippen LogP contribution >= 0.6 is 0 Å². The number of hydrogen-bond donors (Lipinski definition) is 0. The van der Waals surface area contributed by atoms with Crippen LogP contribution < -0.4 is 0 Å². The summed E-state index contributed by atoms with van der Waals surface area (Å²) < 4.78 is 0. The molecular formula is C78H150. The predicted molar refractivity (Wildman–Crippen MR) is 359 cm³/mol. The fourth-order valence-corrected chi connectivity index (χ4v) is 13.2. The van der Waals surface area contributed by atoms with E-state index in [4.69, 9.17) is 0 Å². The molecule has 1 aromatic rings. The molecule has 0 fully saturated rings. The molecule has 0 amide bonds. The van der Waals surface area contributed by atoms with E-state index < -0.39 is 0 Å². The van der Waals surface area contributed by atoms with Crippen LogP contribution in [0.2, 0.25) is 0 Å². The Hall–Kier alpha value is -0.780. The Morgan fingerprint density at radius 3 is 0.436 bits per heavy atom. The molecule has 0 heteroatoms. The van der Waals surface area contributed by atoms with Crippen molar-refractivity contribution in [2.24, 2.45) is 0 Å².